The molecule has 0 aliphatic carbocycles. The van der Waals surface area contributed by atoms with Crippen molar-refractivity contribution in [3.63, 3.8) is 0 Å². The highest BCUT2D eigenvalue weighted by atomic mass is 16.5. The van der Waals surface area contributed by atoms with Crippen molar-refractivity contribution < 1.29 is 28.6 Å². The van der Waals surface area contributed by atoms with Crippen LogP contribution in [0, 0.1) is 0 Å². The first-order valence-corrected chi connectivity index (χ1v) is 7.00. The Morgan fingerprint density at radius 2 is 1.62 bits per heavy atom. The molecule has 0 aliphatic rings. The quantitative estimate of drug-likeness (QED) is 0.582. The van der Waals surface area contributed by atoms with Crippen molar-refractivity contribution in [2.24, 2.45) is 5.73 Å². The summed E-state index contributed by atoms with van der Waals surface area (Å²) in [5.41, 5.74) is 5.17. The van der Waals surface area contributed by atoms with Crippen LogP contribution < -0.4 is 30.6 Å². The summed E-state index contributed by atoms with van der Waals surface area (Å²) in [4.78, 5) is 34.7. The first-order valence-electron chi connectivity index (χ1n) is 7.00. The van der Waals surface area contributed by atoms with Gasteiger partial charge >= 0.3 is 0 Å². The molecule has 9 nitrogen and oxygen atoms in total. The Kier molecular flexibility index (Phi) is 6.84. The Labute approximate surface area is 139 Å². The first kappa shape index (κ1) is 19.1. The van der Waals surface area contributed by atoms with Crippen LogP contribution >= 0.6 is 0 Å². The average Bonchev–Trinajstić information content (AvgIpc) is 2.57. The molecule has 0 spiro atoms. The fourth-order valence-electron chi connectivity index (χ4n) is 1.89. The molecule has 1 atom stereocenters. The summed E-state index contributed by atoms with van der Waals surface area (Å²) in [7, 11) is 4.31. The Balaban J connectivity index is 2.91. The molecular formula is C15H21N3O6. The molecule has 0 aliphatic heterocycles. The van der Waals surface area contributed by atoms with Crippen LogP contribution in [0.4, 0.5) is 0 Å². The average molecular weight is 339 g/mol. The standard InChI is InChI=1S/C15H21N3O6/c1-8(14(20)17-7-12(16)19)18-15(21)9-5-10(22-2)13(24-4)11(6-9)23-3/h5-6,8H,7H2,1-4H3,(H2,16,19)(H,17,20)(H,18,21)/t8-/m0/s1. The van der Waals surface area contributed by atoms with E-state index in [1.165, 1.54) is 40.4 Å². The molecule has 1 aromatic rings. The monoisotopic (exact) mass is 339 g/mol. The molecule has 0 fully saturated rings. The summed E-state index contributed by atoms with van der Waals surface area (Å²) in [6.45, 7) is 1.18. The van der Waals surface area contributed by atoms with Gasteiger partial charge < -0.3 is 30.6 Å². The van der Waals surface area contributed by atoms with Gasteiger partial charge in [-0.3, -0.25) is 14.4 Å². The summed E-state index contributed by atoms with van der Waals surface area (Å²) < 4.78 is 15.5. The molecule has 3 amide bonds. The molecule has 132 valence electrons. The van der Waals surface area contributed by atoms with E-state index in [2.05, 4.69) is 10.6 Å². The minimum Gasteiger partial charge on any atom is -0.493 e. The molecule has 1 aromatic carbocycles. The van der Waals surface area contributed by atoms with Gasteiger partial charge in [-0.2, -0.15) is 0 Å². The third kappa shape index (κ3) is 4.77. The van der Waals surface area contributed by atoms with E-state index in [0.29, 0.717) is 17.2 Å². The van der Waals surface area contributed by atoms with E-state index in [0.717, 1.165) is 0 Å². The predicted octanol–water partition coefficient (Wildman–Crippen LogP) is -0.568. The number of hydrogen-bond acceptors (Lipinski definition) is 6. The topological polar surface area (TPSA) is 129 Å². The third-order valence-corrected chi connectivity index (χ3v) is 3.10. The van der Waals surface area contributed by atoms with Crippen LogP contribution in [0.5, 0.6) is 17.2 Å². The van der Waals surface area contributed by atoms with E-state index in [9.17, 15) is 14.4 Å². The van der Waals surface area contributed by atoms with Crippen molar-refractivity contribution >= 4 is 17.7 Å². The van der Waals surface area contributed by atoms with Crippen molar-refractivity contribution in [2.75, 3.05) is 27.9 Å². The van der Waals surface area contributed by atoms with Gasteiger partial charge in [0, 0.05) is 5.56 Å². The van der Waals surface area contributed by atoms with E-state index in [-0.39, 0.29) is 12.1 Å². The summed E-state index contributed by atoms with van der Waals surface area (Å²) in [6, 6.07) is 2.06. The Morgan fingerprint density at radius 3 is 2.04 bits per heavy atom. The predicted molar refractivity (Wildman–Crippen MR) is 85.2 cm³/mol. The summed E-state index contributed by atoms with van der Waals surface area (Å²) in [5, 5.41) is 4.81. The lowest BCUT2D eigenvalue weighted by Gasteiger charge is -2.16. The molecule has 1 rings (SSSR count). The van der Waals surface area contributed by atoms with E-state index in [1.807, 2.05) is 0 Å². The lowest BCUT2D eigenvalue weighted by molar-refractivity contribution is -0.125. The maximum absolute atomic E-state index is 12.3. The van der Waals surface area contributed by atoms with Gasteiger partial charge in [0.15, 0.2) is 11.5 Å². The maximum atomic E-state index is 12.3. The zero-order valence-electron chi connectivity index (χ0n) is 14.0. The first-order chi connectivity index (χ1) is 11.3. The van der Waals surface area contributed by atoms with Crippen LogP contribution in [0.15, 0.2) is 12.1 Å². The number of benzene rings is 1. The smallest absolute Gasteiger partial charge is 0.252 e. The minimum absolute atomic E-state index is 0.221. The molecule has 24 heavy (non-hydrogen) atoms. The third-order valence-electron chi connectivity index (χ3n) is 3.10. The number of ether oxygens (including phenoxy) is 3. The zero-order valence-corrected chi connectivity index (χ0v) is 14.0. The van der Waals surface area contributed by atoms with Gasteiger partial charge in [0.2, 0.25) is 17.6 Å². The van der Waals surface area contributed by atoms with Crippen molar-refractivity contribution in [3.05, 3.63) is 17.7 Å². The van der Waals surface area contributed by atoms with E-state index < -0.39 is 23.8 Å². The molecule has 9 heteroatoms. The van der Waals surface area contributed by atoms with E-state index in [4.69, 9.17) is 19.9 Å². The van der Waals surface area contributed by atoms with Crippen LogP contribution in [0.3, 0.4) is 0 Å². The highest BCUT2D eigenvalue weighted by Gasteiger charge is 2.20. The number of methoxy groups -OCH3 is 3. The fourth-order valence-corrected chi connectivity index (χ4v) is 1.89. The number of rotatable bonds is 8. The number of amides is 3. The number of carbonyl (C=O) groups excluding carboxylic acids is 3. The van der Waals surface area contributed by atoms with E-state index in [1.54, 1.807) is 0 Å². The van der Waals surface area contributed by atoms with Gasteiger partial charge in [-0.15, -0.1) is 0 Å². The van der Waals surface area contributed by atoms with Crippen molar-refractivity contribution in [1.82, 2.24) is 10.6 Å². The highest BCUT2D eigenvalue weighted by Crippen LogP contribution is 2.38. The second-order valence-corrected chi connectivity index (χ2v) is 4.79. The van der Waals surface area contributed by atoms with Gasteiger partial charge in [0.05, 0.1) is 27.9 Å². The van der Waals surface area contributed by atoms with Crippen LogP contribution in [-0.2, 0) is 9.59 Å². The van der Waals surface area contributed by atoms with Gasteiger partial charge in [0.1, 0.15) is 6.04 Å². The van der Waals surface area contributed by atoms with Crippen molar-refractivity contribution in [1.29, 1.82) is 0 Å². The normalized spacial score (nSPS) is 11.2. The Morgan fingerprint density at radius 1 is 1.08 bits per heavy atom. The lowest BCUT2D eigenvalue weighted by atomic mass is 10.1. The van der Waals surface area contributed by atoms with Crippen molar-refractivity contribution in [3.8, 4) is 17.2 Å². The highest BCUT2D eigenvalue weighted by molar-refractivity contribution is 5.98. The molecule has 0 unspecified atom stereocenters. The molecule has 0 radical (unpaired) electrons. The van der Waals surface area contributed by atoms with Gasteiger partial charge in [0.25, 0.3) is 5.91 Å². The maximum Gasteiger partial charge on any atom is 0.252 e. The van der Waals surface area contributed by atoms with Gasteiger partial charge in [-0.1, -0.05) is 0 Å². The van der Waals surface area contributed by atoms with Crippen LogP contribution in [0.2, 0.25) is 0 Å². The van der Waals surface area contributed by atoms with Crippen LogP contribution in [0.25, 0.3) is 0 Å². The SMILES string of the molecule is COc1cc(C(=O)N[C@@H](C)C(=O)NCC(N)=O)cc(OC)c1OC. The molecule has 0 aromatic heterocycles. The van der Waals surface area contributed by atoms with Crippen LogP contribution in [0.1, 0.15) is 17.3 Å². The largest absolute Gasteiger partial charge is 0.493 e. The van der Waals surface area contributed by atoms with Gasteiger partial charge in [-0.05, 0) is 19.1 Å². The molecule has 4 N–H and O–H groups in total. The number of primary amides is 1. The van der Waals surface area contributed by atoms with Gasteiger partial charge in [-0.25, -0.2) is 0 Å². The molecule has 0 saturated carbocycles. The molecule has 0 bridgehead atoms. The number of nitrogens with one attached hydrogen (secondary N) is 2. The summed E-state index contributed by atoms with van der Waals surface area (Å²) in [5.74, 6) is -0.749. The molecule has 0 heterocycles. The summed E-state index contributed by atoms with van der Waals surface area (Å²) in [6.07, 6.45) is 0. The Bertz CT molecular complexity index is 607. The molecular weight excluding hydrogens is 318 g/mol. The number of nitrogens with two attached hydrogens (primary N) is 1. The van der Waals surface area contributed by atoms with E-state index >= 15 is 0 Å². The van der Waals surface area contributed by atoms with Crippen LogP contribution in [-0.4, -0.2) is 51.6 Å². The minimum atomic E-state index is -0.865. The lowest BCUT2D eigenvalue weighted by Crippen LogP contribution is -2.46. The zero-order chi connectivity index (χ0) is 18.3. The summed E-state index contributed by atoms with van der Waals surface area (Å²) >= 11 is 0. The number of carbonyl (C=O) groups is 3. The Hall–Kier alpha value is -2.97. The molecule has 0 saturated heterocycles. The second kappa shape index (κ2) is 8.61. The van der Waals surface area contributed by atoms with Crippen molar-refractivity contribution in [2.45, 2.75) is 13.0 Å². The second-order valence-electron chi connectivity index (χ2n) is 4.79. The fraction of sp³-hybridized carbons (Fsp3) is 0.400. The number of hydrogen-bond donors (Lipinski definition) is 3.